The summed E-state index contributed by atoms with van der Waals surface area (Å²) in [5.74, 6) is -1.35. The van der Waals surface area contributed by atoms with Crippen molar-refractivity contribution in [3.8, 4) is 11.5 Å². The first kappa shape index (κ1) is 17.9. The Morgan fingerprint density at radius 3 is 2.65 bits per heavy atom. The van der Waals surface area contributed by atoms with Crippen LogP contribution in [0.2, 0.25) is 10.0 Å². The van der Waals surface area contributed by atoms with Gasteiger partial charge < -0.3 is 14.5 Å². The molecule has 7 nitrogen and oxygen atoms in total. The lowest BCUT2D eigenvalue weighted by molar-refractivity contribution is 0.0600. The van der Waals surface area contributed by atoms with Gasteiger partial charge in [0.25, 0.3) is 0 Å². The molecule has 1 aromatic heterocycles. The van der Waals surface area contributed by atoms with Crippen LogP contribution in [0, 0.1) is 0 Å². The average Bonchev–Trinajstić information content (AvgIpc) is 3.13. The van der Waals surface area contributed by atoms with Crippen molar-refractivity contribution in [1.82, 2.24) is 10.2 Å². The fourth-order valence-corrected chi connectivity index (χ4v) is 2.45. The molecule has 9 heteroatoms. The van der Waals surface area contributed by atoms with E-state index in [9.17, 15) is 9.59 Å². The Kier molecular flexibility index (Phi) is 5.20. The van der Waals surface area contributed by atoms with Crippen molar-refractivity contribution < 1.29 is 18.7 Å². The second kappa shape index (κ2) is 7.55. The van der Waals surface area contributed by atoms with Gasteiger partial charge in [0, 0.05) is 10.6 Å². The number of halogens is 2. The molecule has 0 aliphatic rings. The maximum Gasteiger partial charge on any atom is 0.337 e. The van der Waals surface area contributed by atoms with Gasteiger partial charge in [-0.3, -0.25) is 4.79 Å². The van der Waals surface area contributed by atoms with E-state index in [2.05, 4.69) is 20.3 Å². The lowest BCUT2D eigenvalue weighted by Gasteiger charge is -2.07. The molecular formula is C17H11Cl2N3O4. The smallest absolute Gasteiger partial charge is 0.337 e. The van der Waals surface area contributed by atoms with Crippen LogP contribution in [-0.2, 0) is 4.74 Å². The minimum absolute atomic E-state index is 0.145. The molecule has 1 amide bonds. The van der Waals surface area contributed by atoms with Crippen molar-refractivity contribution in [3.05, 3.63) is 64.0 Å². The Hall–Kier alpha value is -2.90. The summed E-state index contributed by atoms with van der Waals surface area (Å²) in [6.45, 7) is 0. The van der Waals surface area contributed by atoms with Crippen molar-refractivity contribution >= 4 is 40.8 Å². The number of esters is 1. The summed E-state index contributed by atoms with van der Waals surface area (Å²) in [6.07, 6.45) is 0. The highest BCUT2D eigenvalue weighted by Gasteiger charge is 2.18. The summed E-state index contributed by atoms with van der Waals surface area (Å²) in [6, 6.07) is 11.1. The Labute approximate surface area is 157 Å². The molecule has 0 saturated heterocycles. The van der Waals surface area contributed by atoms with Gasteiger partial charge in [0.1, 0.15) is 0 Å². The quantitative estimate of drug-likeness (QED) is 0.673. The van der Waals surface area contributed by atoms with E-state index in [1.807, 2.05) is 0 Å². The number of hydrogen-bond acceptors (Lipinski definition) is 6. The van der Waals surface area contributed by atoms with Gasteiger partial charge in [-0.1, -0.05) is 29.3 Å². The normalized spacial score (nSPS) is 10.4. The largest absolute Gasteiger partial charge is 0.465 e. The summed E-state index contributed by atoms with van der Waals surface area (Å²) in [4.78, 5) is 23.9. The Morgan fingerprint density at radius 2 is 1.92 bits per heavy atom. The summed E-state index contributed by atoms with van der Waals surface area (Å²) < 4.78 is 10.0. The number of nitrogens with zero attached hydrogens (tertiary/aromatic N) is 2. The molecule has 0 aliphatic carbocycles. The summed E-state index contributed by atoms with van der Waals surface area (Å²) in [5, 5.41) is 10.8. The van der Waals surface area contributed by atoms with Crippen LogP contribution in [0.4, 0.5) is 5.69 Å². The number of aromatic nitrogens is 2. The van der Waals surface area contributed by atoms with Crippen LogP contribution in [0.5, 0.6) is 0 Å². The minimum atomic E-state index is -0.672. The molecule has 1 N–H and O–H groups in total. The first-order valence-electron chi connectivity index (χ1n) is 7.26. The Balaban J connectivity index is 1.82. The van der Waals surface area contributed by atoms with E-state index in [0.717, 1.165) is 0 Å². The van der Waals surface area contributed by atoms with Crippen molar-refractivity contribution in [2.24, 2.45) is 0 Å². The Bertz CT molecular complexity index is 988. The third kappa shape index (κ3) is 3.84. The van der Waals surface area contributed by atoms with Gasteiger partial charge in [-0.25, -0.2) is 4.79 Å². The number of hydrogen-bond donors (Lipinski definition) is 1. The van der Waals surface area contributed by atoms with Crippen LogP contribution in [0.3, 0.4) is 0 Å². The number of ether oxygens (including phenoxy) is 1. The standard InChI is InChI=1S/C17H11Cl2N3O4/c1-25-17(24)10-5-6-12(19)13(8-10)20-14(23)16-22-21-15(26-16)9-3-2-4-11(18)7-9/h2-8H,1H3,(H,20,23). The predicted molar refractivity (Wildman–Crippen MR) is 95.5 cm³/mol. The molecule has 0 unspecified atom stereocenters. The molecule has 0 radical (unpaired) electrons. The number of carbonyl (C=O) groups is 2. The first-order valence-corrected chi connectivity index (χ1v) is 8.02. The van der Waals surface area contributed by atoms with E-state index in [1.54, 1.807) is 24.3 Å². The zero-order chi connectivity index (χ0) is 18.7. The lowest BCUT2D eigenvalue weighted by Crippen LogP contribution is -2.13. The van der Waals surface area contributed by atoms with Gasteiger partial charge >= 0.3 is 17.8 Å². The third-order valence-electron chi connectivity index (χ3n) is 3.33. The maximum atomic E-state index is 12.3. The second-order valence-electron chi connectivity index (χ2n) is 5.06. The first-order chi connectivity index (χ1) is 12.5. The molecular weight excluding hydrogens is 381 g/mol. The van der Waals surface area contributed by atoms with Crippen LogP contribution in [0.25, 0.3) is 11.5 Å². The molecule has 0 fully saturated rings. The third-order valence-corrected chi connectivity index (χ3v) is 3.89. The zero-order valence-electron chi connectivity index (χ0n) is 13.3. The van der Waals surface area contributed by atoms with Crippen LogP contribution < -0.4 is 5.32 Å². The molecule has 0 bridgehead atoms. The van der Waals surface area contributed by atoms with E-state index in [4.69, 9.17) is 27.6 Å². The minimum Gasteiger partial charge on any atom is -0.465 e. The molecule has 0 atom stereocenters. The van der Waals surface area contributed by atoms with Gasteiger partial charge in [-0.2, -0.15) is 0 Å². The van der Waals surface area contributed by atoms with E-state index in [-0.39, 0.29) is 28.1 Å². The molecule has 3 aromatic rings. The van der Waals surface area contributed by atoms with Crippen molar-refractivity contribution in [1.29, 1.82) is 0 Å². The molecule has 132 valence electrons. The van der Waals surface area contributed by atoms with Gasteiger partial charge in [0.2, 0.25) is 5.89 Å². The monoisotopic (exact) mass is 391 g/mol. The van der Waals surface area contributed by atoms with E-state index < -0.39 is 11.9 Å². The highest BCUT2D eigenvalue weighted by molar-refractivity contribution is 6.34. The number of carbonyl (C=O) groups excluding carboxylic acids is 2. The number of anilines is 1. The molecule has 0 spiro atoms. The molecule has 2 aromatic carbocycles. The lowest BCUT2D eigenvalue weighted by atomic mass is 10.2. The van der Waals surface area contributed by atoms with E-state index >= 15 is 0 Å². The number of amides is 1. The summed E-state index contributed by atoms with van der Waals surface area (Å²) >= 11 is 12.0. The van der Waals surface area contributed by atoms with Crippen LogP contribution >= 0.6 is 23.2 Å². The van der Waals surface area contributed by atoms with Gasteiger partial charge in [-0.15, -0.1) is 10.2 Å². The fraction of sp³-hybridized carbons (Fsp3) is 0.0588. The number of nitrogens with one attached hydrogen (secondary N) is 1. The van der Waals surface area contributed by atoms with Gasteiger partial charge in [0.15, 0.2) is 0 Å². The van der Waals surface area contributed by atoms with E-state index in [0.29, 0.717) is 10.6 Å². The van der Waals surface area contributed by atoms with Gasteiger partial charge in [-0.05, 0) is 36.4 Å². The van der Waals surface area contributed by atoms with Crippen LogP contribution in [0.15, 0.2) is 46.9 Å². The highest BCUT2D eigenvalue weighted by atomic mass is 35.5. The molecule has 0 aliphatic heterocycles. The highest BCUT2D eigenvalue weighted by Crippen LogP contribution is 2.25. The van der Waals surface area contributed by atoms with E-state index in [1.165, 1.54) is 25.3 Å². The second-order valence-corrected chi connectivity index (χ2v) is 5.91. The van der Waals surface area contributed by atoms with Crippen molar-refractivity contribution in [3.63, 3.8) is 0 Å². The van der Waals surface area contributed by atoms with Crippen molar-refractivity contribution in [2.45, 2.75) is 0 Å². The number of benzene rings is 2. The molecule has 26 heavy (non-hydrogen) atoms. The fourth-order valence-electron chi connectivity index (χ4n) is 2.09. The Morgan fingerprint density at radius 1 is 1.12 bits per heavy atom. The van der Waals surface area contributed by atoms with Gasteiger partial charge in [0.05, 0.1) is 23.4 Å². The molecule has 0 saturated carbocycles. The average molecular weight is 392 g/mol. The topological polar surface area (TPSA) is 94.3 Å². The maximum absolute atomic E-state index is 12.3. The predicted octanol–water partition coefficient (Wildman–Crippen LogP) is 4.08. The number of rotatable bonds is 4. The zero-order valence-corrected chi connectivity index (χ0v) is 14.8. The van der Waals surface area contributed by atoms with Crippen LogP contribution in [0.1, 0.15) is 21.0 Å². The number of methoxy groups -OCH3 is 1. The van der Waals surface area contributed by atoms with Crippen molar-refractivity contribution in [2.75, 3.05) is 12.4 Å². The molecule has 1 heterocycles. The molecule has 3 rings (SSSR count). The SMILES string of the molecule is COC(=O)c1ccc(Cl)c(NC(=O)c2nnc(-c3cccc(Cl)c3)o2)c1. The van der Waals surface area contributed by atoms with Crippen LogP contribution in [-0.4, -0.2) is 29.2 Å². The summed E-state index contributed by atoms with van der Waals surface area (Å²) in [5.41, 5.74) is 1.02. The summed E-state index contributed by atoms with van der Waals surface area (Å²) in [7, 11) is 1.25.